The zero-order chi connectivity index (χ0) is 19.5. The zero-order valence-electron chi connectivity index (χ0n) is 15.2. The Labute approximate surface area is 156 Å². The largest absolute Gasteiger partial charge is 0.355 e. The minimum atomic E-state index is -3.80. The Morgan fingerprint density at radius 3 is 2.37 bits per heavy atom. The maximum absolute atomic E-state index is 13.0. The second-order valence-electron chi connectivity index (χ2n) is 6.75. The van der Waals surface area contributed by atoms with E-state index in [-0.39, 0.29) is 28.7 Å². The van der Waals surface area contributed by atoms with Gasteiger partial charge in [-0.25, -0.2) is 8.42 Å². The van der Waals surface area contributed by atoms with Crippen LogP contribution in [-0.4, -0.2) is 31.5 Å². The lowest BCUT2D eigenvalue weighted by Gasteiger charge is -2.17. The van der Waals surface area contributed by atoms with E-state index in [0.717, 1.165) is 9.69 Å². The molecule has 27 heavy (non-hydrogen) atoms. The van der Waals surface area contributed by atoms with Crippen LogP contribution < -0.4 is 4.31 Å². The number of carbonyl (C=O) groups is 2. The first-order chi connectivity index (χ1) is 12.7. The third-order valence-electron chi connectivity index (χ3n) is 5.04. The van der Waals surface area contributed by atoms with Crippen molar-refractivity contribution in [2.75, 3.05) is 10.8 Å². The summed E-state index contributed by atoms with van der Waals surface area (Å²) in [6, 6.07) is 10.4. The molecule has 0 spiro atoms. The first kappa shape index (κ1) is 17.5. The lowest BCUT2D eigenvalue weighted by atomic mass is 10.1. The molecule has 0 saturated heterocycles. The van der Waals surface area contributed by atoms with Crippen molar-refractivity contribution >= 4 is 38.0 Å². The van der Waals surface area contributed by atoms with E-state index in [2.05, 4.69) is 4.98 Å². The molecular weight excluding hydrogens is 364 g/mol. The van der Waals surface area contributed by atoms with Gasteiger partial charge in [0, 0.05) is 16.6 Å². The number of hydrogen-bond donors (Lipinski definition) is 1. The van der Waals surface area contributed by atoms with Gasteiger partial charge in [-0.3, -0.25) is 13.9 Å². The maximum atomic E-state index is 13.0. The summed E-state index contributed by atoms with van der Waals surface area (Å²) in [4.78, 5) is 27.9. The van der Waals surface area contributed by atoms with Crippen LogP contribution in [0, 0.1) is 13.8 Å². The van der Waals surface area contributed by atoms with E-state index in [9.17, 15) is 18.0 Å². The van der Waals surface area contributed by atoms with Gasteiger partial charge in [-0.1, -0.05) is 24.3 Å². The van der Waals surface area contributed by atoms with Crippen molar-refractivity contribution < 1.29 is 18.0 Å². The van der Waals surface area contributed by atoms with Crippen molar-refractivity contribution in [2.24, 2.45) is 0 Å². The van der Waals surface area contributed by atoms with E-state index in [4.69, 9.17) is 0 Å². The van der Waals surface area contributed by atoms with Crippen LogP contribution in [0.3, 0.4) is 0 Å². The Kier molecular flexibility index (Phi) is 3.75. The predicted octanol–water partition coefficient (Wildman–Crippen LogP) is 3.38. The topological polar surface area (TPSA) is 87.3 Å². The van der Waals surface area contributed by atoms with Gasteiger partial charge in [0.25, 0.3) is 10.0 Å². The molecule has 1 N–H and O–H groups in total. The summed E-state index contributed by atoms with van der Waals surface area (Å²) in [6.07, 6.45) is 0. The molecule has 0 radical (unpaired) electrons. The molecule has 1 aromatic heterocycles. The first-order valence-corrected chi connectivity index (χ1v) is 9.95. The molecule has 0 amide bonds. The number of carbonyl (C=O) groups excluding carboxylic acids is 2. The van der Waals surface area contributed by atoms with E-state index >= 15 is 0 Å². The molecule has 7 heteroatoms. The van der Waals surface area contributed by atoms with E-state index in [1.807, 2.05) is 12.1 Å². The van der Waals surface area contributed by atoms with E-state index in [0.29, 0.717) is 27.9 Å². The van der Waals surface area contributed by atoms with Gasteiger partial charge in [0.1, 0.15) is 0 Å². The van der Waals surface area contributed by atoms with Crippen molar-refractivity contribution in [1.29, 1.82) is 0 Å². The number of Topliss-reactive ketones (excluding diaryl/α,β-unsaturated/α-hetero) is 2. The highest BCUT2D eigenvalue weighted by Gasteiger charge is 2.37. The lowest BCUT2D eigenvalue weighted by Crippen LogP contribution is -2.33. The summed E-state index contributed by atoms with van der Waals surface area (Å²) in [5, 5.41) is 1.45. The molecule has 2 heterocycles. The van der Waals surface area contributed by atoms with Crippen molar-refractivity contribution in [3.05, 3.63) is 58.9 Å². The van der Waals surface area contributed by atoms with E-state index in [1.54, 1.807) is 38.1 Å². The summed E-state index contributed by atoms with van der Waals surface area (Å²) in [7, 11) is -3.80. The number of aromatic nitrogens is 1. The molecule has 0 saturated carbocycles. The second-order valence-corrected chi connectivity index (χ2v) is 8.58. The van der Waals surface area contributed by atoms with Crippen molar-refractivity contribution in [3.63, 3.8) is 0 Å². The molecule has 0 unspecified atom stereocenters. The molecule has 4 rings (SSSR count). The molecule has 1 aliphatic rings. The summed E-state index contributed by atoms with van der Waals surface area (Å²) >= 11 is 0. The van der Waals surface area contributed by atoms with Crippen LogP contribution in [0.25, 0.3) is 10.8 Å². The van der Waals surface area contributed by atoms with Crippen LogP contribution in [-0.2, 0) is 10.0 Å². The monoisotopic (exact) mass is 382 g/mol. The van der Waals surface area contributed by atoms with Gasteiger partial charge in [-0.05, 0) is 43.9 Å². The lowest BCUT2D eigenvalue weighted by molar-refractivity contribution is 0.0996. The average Bonchev–Trinajstić information content (AvgIpc) is 3.03. The number of nitrogens with one attached hydrogen (secondary N) is 1. The van der Waals surface area contributed by atoms with Crippen LogP contribution in [0.1, 0.15) is 39.0 Å². The normalized spacial score (nSPS) is 14.7. The fourth-order valence-electron chi connectivity index (χ4n) is 3.89. The molecule has 0 fully saturated rings. The van der Waals surface area contributed by atoms with Gasteiger partial charge < -0.3 is 4.98 Å². The van der Waals surface area contributed by atoms with Crippen LogP contribution in [0.2, 0.25) is 0 Å². The fourth-order valence-corrected chi connectivity index (χ4v) is 5.56. The number of anilines is 1. The number of sulfonamides is 1. The molecule has 0 aliphatic carbocycles. The quantitative estimate of drug-likeness (QED) is 0.701. The number of aromatic amines is 1. The van der Waals surface area contributed by atoms with Crippen LogP contribution in [0.4, 0.5) is 5.69 Å². The van der Waals surface area contributed by atoms with Gasteiger partial charge in [0.2, 0.25) is 0 Å². The van der Waals surface area contributed by atoms with Crippen LogP contribution >= 0.6 is 0 Å². The van der Waals surface area contributed by atoms with Gasteiger partial charge in [-0.2, -0.15) is 0 Å². The Balaban J connectivity index is 1.79. The van der Waals surface area contributed by atoms with Crippen LogP contribution in [0.5, 0.6) is 0 Å². The molecule has 0 atom stereocenters. The van der Waals surface area contributed by atoms with Gasteiger partial charge in [-0.15, -0.1) is 0 Å². The third kappa shape index (κ3) is 2.42. The molecule has 6 nitrogen and oxygen atoms in total. The summed E-state index contributed by atoms with van der Waals surface area (Å²) in [5.74, 6) is -0.511. The molecule has 1 aliphatic heterocycles. The SMILES string of the molecule is CC(=O)c1c(C)[nH]c(C(=O)CN2c3cccc4cccc(c34)S2(=O)=O)c1C. The minimum Gasteiger partial charge on any atom is -0.355 e. The minimum absolute atomic E-state index is 0.133. The van der Waals surface area contributed by atoms with Crippen molar-refractivity contribution in [3.8, 4) is 0 Å². The second kappa shape index (κ2) is 5.79. The molecule has 0 bridgehead atoms. The Hall–Kier alpha value is -2.93. The number of H-pyrrole nitrogens is 1. The Morgan fingerprint density at radius 2 is 1.74 bits per heavy atom. The number of nitrogens with zero attached hydrogens (tertiary/aromatic N) is 1. The number of rotatable bonds is 4. The fraction of sp³-hybridized carbons (Fsp3) is 0.200. The standard InChI is InChI=1S/C20H18N2O4S/c1-11-18(13(3)23)12(2)21-20(11)16(24)10-22-15-8-4-6-14-7-5-9-17(19(14)15)27(22,25)26/h4-9,21H,10H2,1-3H3. The van der Waals surface area contributed by atoms with Gasteiger partial charge in [0.15, 0.2) is 11.6 Å². The predicted molar refractivity (Wildman–Crippen MR) is 103 cm³/mol. The highest BCUT2D eigenvalue weighted by molar-refractivity contribution is 7.93. The number of benzene rings is 2. The molecule has 138 valence electrons. The van der Waals surface area contributed by atoms with Gasteiger partial charge in [0.05, 0.1) is 22.8 Å². The highest BCUT2D eigenvalue weighted by Crippen LogP contribution is 2.42. The zero-order valence-corrected chi connectivity index (χ0v) is 16.0. The molecule has 2 aromatic carbocycles. The summed E-state index contributed by atoms with van der Waals surface area (Å²) in [5.41, 5.74) is 2.42. The number of aryl methyl sites for hydroxylation is 1. The van der Waals surface area contributed by atoms with Crippen molar-refractivity contribution in [1.82, 2.24) is 4.98 Å². The van der Waals surface area contributed by atoms with E-state index < -0.39 is 10.0 Å². The summed E-state index contributed by atoms with van der Waals surface area (Å²) < 4.78 is 27.2. The van der Waals surface area contributed by atoms with Crippen molar-refractivity contribution in [2.45, 2.75) is 25.7 Å². The highest BCUT2D eigenvalue weighted by atomic mass is 32.2. The third-order valence-corrected chi connectivity index (χ3v) is 6.84. The average molecular weight is 382 g/mol. The smallest absolute Gasteiger partial charge is 0.265 e. The maximum Gasteiger partial charge on any atom is 0.265 e. The van der Waals surface area contributed by atoms with Gasteiger partial charge >= 0.3 is 0 Å². The Bertz CT molecular complexity index is 1230. The molecular formula is C20H18N2O4S. The summed E-state index contributed by atoms with van der Waals surface area (Å²) in [6.45, 7) is 4.54. The first-order valence-electron chi connectivity index (χ1n) is 8.51. The van der Waals surface area contributed by atoms with Crippen LogP contribution in [0.15, 0.2) is 41.3 Å². The number of ketones is 2. The molecule has 3 aromatic rings. The Morgan fingerprint density at radius 1 is 1.07 bits per heavy atom. The number of hydrogen-bond acceptors (Lipinski definition) is 4. The van der Waals surface area contributed by atoms with E-state index in [1.165, 1.54) is 6.92 Å².